The van der Waals surface area contributed by atoms with E-state index in [4.69, 9.17) is 25.4 Å². The maximum Gasteiger partial charge on any atom is 0.333 e. The second-order valence-electron chi connectivity index (χ2n) is 17.7. The van der Waals surface area contributed by atoms with Crippen LogP contribution in [-0.4, -0.2) is 88.0 Å². The van der Waals surface area contributed by atoms with Gasteiger partial charge in [-0.1, -0.05) is 39.3 Å². The minimum Gasteiger partial charge on any atom is -0.479 e. The second-order valence-corrected chi connectivity index (χ2v) is 17.7. The molecule has 6 fully saturated rings. The predicted molar refractivity (Wildman–Crippen MR) is 182 cm³/mol. The van der Waals surface area contributed by atoms with Crippen LogP contribution in [0, 0.1) is 64.1 Å². The van der Waals surface area contributed by atoms with Crippen molar-refractivity contribution in [3.05, 3.63) is 11.6 Å². The maximum absolute atomic E-state index is 13.4. The van der Waals surface area contributed by atoms with Gasteiger partial charge in [-0.3, -0.25) is 4.79 Å². The molecule has 278 valence electrons. The second kappa shape index (κ2) is 13.5. The zero-order valence-electron chi connectivity index (χ0n) is 30.2. The normalized spacial score (nSPS) is 51.8. The molecule has 4 saturated carbocycles. The Bertz CT molecular complexity index is 1390. The summed E-state index contributed by atoms with van der Waals surface area (Å²) in [6.07, 6.45) is 10.8. The Kier molecular flexibility index (Phi) is 9.89. The molecule has 17 atom stereocenters. The molecule has 0 spiro atoms. The van der Waals surface area contributed by atoms with E-state index < -0.39 is 49.1 Å². The number of Topliss-reactive ketones (excluding diaryl/α,β-unsaturated/α-hetero) is 1. The van der Waals surface area contributed by atoms with Crippen molar-refractivity contribution in [2.75, 3.05) is 6.61 Å². The number of carbonyl (C=O) groups excluding carboxylic acids is 1. The molecular weight excluding hydrogens is 640 g/mol. The molecule has 50 heavy (non-hydrogen) atoms. The van der Waals surface area contributed by atoms with Gasteiger partial charge in [0, 0.05) is 18.3 Å². The molecule has 0 bridgehead atoms. The molecule has 7 aliphatic rings. The van der Waals surface area contributed by atoms with E-state index in [1.165, 1.54) is 5.57 Å². The lowest BCUT2D eigenvalue weighted by molar-refractivity contribution is -0.309. The molecule has 0 amide bonds. The number of allylic oxidation sites excluding steroid dienone is 2. The number of aliphatic carboxylic acids is 1. The summed E-state index contributed by atoms with van der Waals surface area (Å²) in [5.41, 5.74) is 1.44. The summed E-state index contributed by atoms with van der Waals surface area (Å²) < 4.78 is 24.0. The number of hydrogen-bond donors (Lipinski definition) is 4. The smallest absolute Gasteiger partial charge is 0.333 e. The van der Waals surface area contributed by atoms with E-state index in [0.717, 1.165) is 64.2 Å². The molecule has 3 unspecified atom stereocenters. The monoisotopic (exact) mass is 698 g/mol. The van der Waals surface area contributed by atoms with Crippen molar-refractivity contribution in [3.63, 3.8) is 0 Å². The van der Waals surface area contributed by atoms with Crippen LogP contribution in [0.15, 0.2) is 11.6 Å². The van der Waals surface area contributed by atoms with E-state index in [9.17, 15) is 30.0 Å². The number of carboxylic acid groups (broad SMARTS) is 1. The third-order valence-corrected chi connectivity index (χ3v) is 15.3. The SMILES string of the molecule is C#CC(=O)[C@@]12CCC3C(=CCC4[C@@]3(C)CCC3[C@@H](C)[C@@H](O[C@H]5C[C@@H](O[C@@H]6OC[C@@H](O)[C@H](O)[C@H]6O)C[C@@H](C(=O)O)O5)CC[C@@]34C)[C@@H]1C[C@@H](C)CC2. The summed E-state index contributed by atoms with van der Waals surface area (Å²) in [7, 11) is 0. The highest BCUT2D eigenvalue weighted by Gasteiger charge is 2.64. The molecule has 2 heterocycles. The van der Waals surface area contributed by atoms with Crippen molar-refractivity contribution < 1.29 is 49.0 Å². The lowest BCUT2D eigenvalue weighted by atomic mass is 9.38. The van der Waals surface area contributed by atoms with Crippen LogP contribution in [0.5, 0.6) is 0 Å². The molecule has 0 aromatic carbocycles. The lowest BCUT2D eigenvalue weighted by Gasteiger charge is -2.66. The molecule has 0 radical (unpaired) electrons. The topological polar surface area (TPSA) is 152 Å². The largest absolute Gasteiger partial charge is 0.479 e. The quantitative estimate of drug-likeness (QED) is 0.134. The first kappa shape index (κ1) is 36.5. The highest BCUT2D eigenvalue weighted by Crippen LogP contribution is 2.70. The number of fused-ring (bicyclic) bond motifs is 7. The van der Waals surface area contributed by atoms with Gasteiger partial charge in [-0.05, 0) is 116 Å². The molecule has 2 saturated heterocycles. The summed E-state index contributed by atoms with van der Waals surface area (Å²) in [4.78, 5) is 25.4. The summed E-state index contributed by atoms with van der Waals surface area (Å²) in [6, 6.07) is 0. The van der Waals surface area contributed by atoms with E-state index in [1.807, 2.05) is 0 Å². The Morgan fingerprint density at radius 1 is 0.920 bits per heavy atom. The first-order valence-electron chi connectivity index (χ1n) is 19.3. The van der Waals surface area contributed by atoms with Crippen LogP contribution in [0.25, 0.3) is 0 Å². The molecule has 0 aromatic rings. The van der Waals surface area contributed by atoms with Crippen molar-refractivity contribution >= 4 is 11.8 Å². The fourth-order valence-electron chi connectivity index (χ4n) is 12.6. The van der Waals surface area contributed by atoms with E-state index in [-0.39, 0.29) is 59.4 Å². The molecule has 10 heteroatoms. The van der Waals surface area contributed by atoms with Crippen LogP contribution < -0.4 is 0 Å². The first-order valence-corrected chi connectivity index (χ1v) is 19.3. The van der Waals surface area contributed by atoms with Gasteiger partial charge in [-0.2, -0.15) is 0 Å². The average molecular weight is 699 g/mol. The minimum atomic E-state index is -1.46. The van der Waals surface area contributed by atoms with Gasteiger partial charge >= 0.3 is 5.97 Å². The standard InChI is InChI=1S/C40H58O10/c1-6-32(42)40-15-9-21(2)17-27(40)24-7-8-31-38(4)14-12-29(22(3)25(38)10-13-39(31,5)26(24)11-16-40)49-33-19-23(18-30(50-33)36(45)46)48-37-35(44)34(43)28(41)20-47-37/h1,7,21-23,25-31,33-35,37,41,43-44H,8-20H2,2-5H3,(H,45,46)/t21-,22+,23-,25?,26?,27-,28+,29-,30-,31?,33+,34-,35+,37-,38-,39-,40-/m0/s1. The van der Waals surface area contributed by atoms with Crippen molar-refractivity contribution in [1.29, 1.82) is 0 Å². The number of rotatable bonds is 6. The molecule has 10 nitrogen and oxygen atoms in total. The highest BCUT2D eigenvalue weighted by molar-refractivity contribution is 6.00. The lowest BCUT2D eigenvalue weighted by Crippen LogP contribution is -2.60. The Morgan fingerprint density at radius 3 is 2.40 bits per heavy atom. The fourth-order valence-corrected chi connectivity index (χ4v) is 12.6. The number of aliphatic hydroxyl groups excluding tert-OH is 3. The Balaban J connectivity index is 1.06. The van der Waals surface area contributed by atoms with Crippen LogP contribution in [-0.2, 0) is 28.5 Å². The highest BCUT2D eigenvalue weighted by atomic mass is 16.7. The number of hydrogen-bond acceptors (Lipinski definition) is 9. The van der Waals surface area contributed by atoms with Gasteiger partial charge in [-0.15, -0.1) is 6.42 Å². The average Bonchev–Trinajstić information content (AvgIpc) is 3.09. The zero-order valence-corrected chi connectivity index (χ0v) is 30.2. The third-order valence-electron chi connectivity index (χ3n) is 15.3. The fraction of sp³-hybridized carbons (Fsp3) is 0.850. The minimum absolute atomic E-state index is 0.0249. The van der Waals surface area contributed by atoms with Gasteiger partial charge in [0.05, 0.1) is 18.8 Å². The Morgan fingerprint density at radius 2 is 1.66 bits per heavy atom. The summed E-state index contributed by atoms with van der Waals surface area (Å²) in [6.45, 7) is 9.47. The number of aliphatic hydroxyl groups is 3. The van der Waals surface area contributed by atoms with Gasteiger partial charge in [0.2, 0.25) is 5.78 Å². The van der Waals surface area contributed by atoms with Crippen LogP contribution >= 0.6 is 0 Å². The molecule has 0 aromatic heterocycles. The molecule has 7 rings (SSSR count). The molecular formula is C40H58O10. The number of carbonyl (C=O) groups is 2. The maximum atomic E-state index is 13.4. The summed E-state index contributed by atoms with van der Waals surface area (Å²) >= 11 is 0. The van der Waals surface area contributed by atoms with Crippen LogP contribution in [0.1, 0.15) is 105 Å². The molecule has 5 aliphatic carbocycles. The van der Waals surface area contributed by atoms with Crippen LogP contribution in [0.4, 0.5) is 0 Å². The third kappa shape index (κ3) is 5.91. The Hall–Kier alpha value is -1.84. The zero-order chi connectivity index (χ0) is 35.7. The number of terminal acetylenes is 1. The number of ether oxygens (including phenoxy) is 4. The van der Waals surface area contributed by atoms with Gasteiger partial charge in [0.1, 0.15) is 18.3 Å². The Labute approximate surface area is 296 Å². The van der Waals surface area contributed by atoms with E-state index in [1.54, 1.807) is 0 Å². The predicted octanol–water partition coefficient (Wildman–Crippen LogP) is 4.62. The summed E-state index contributed by atoms with van der Waals surface area (Å²) in [5.74, 6) is 4.03. The van der Waals surface area contributed by atoms with Gasteiger partial charge in [0.25, 0.3) is 0 Å². The molecule has 4 N–H and O–H groups in total. The molecule has 2 aliphatic heterocycles. The van der Waals surface area contributed by atoms with Crippen molar-refractivity contribution in [2.45, 2.75) is 154 Å². The van der Waals surface area contributed by atoms with E-state index in [2.05, 4.69) is 39.7 Å². The van der Waals surface area contributed by atoms with Crippen molar-refractivity contribution in [1.82, 2.24) is 0 Å². The first-order chi connectivity index (χ1) is 23.7. The van der Waals surface area contributed by atoms with Gasteiger partial charge < -0.3 is 39.4 Å². The number of ketones is 1. The van der Waals surface area contributed by atoms with Gasteiger partial charge in [-0.25, -0.2) is 4.79 Å². The summed E-state index contributed by atoms with van der Waals surface area (Å²) in [5, 5.41) is 40.2. The number of carboxylic acids is 1. The van der Waals surface area contributed by atoms with Crippen LogP contribution in [0.3, 0.4) is 0 Å². The van der Waals surface area contributed by atoms with Crippen LogP contribution in [0.2, 0.25) is 0 Å². The van der Waals surface area contributed by atoms with E-state index >= 15 is 0 Å². The van der Waals surface area contributed by atoms with Gasteiger partial charge in [0.15, 0.2) is 18.7 Å². The van der Waals surface area contributed by atoms with Crippen molar-refractivity contribution in [3.8, 4) is 12.3 Å². The van der Waals surface area contributed by atoms with Crippen molar-refractivity contribution in [2.24, 2.45) is 51.8 Å². The van der Waals surface area contributed by atoms with E-state index in [0.29, 0.717) is 23.7 Å².